The minimum Gasteiger partial charge on any atom is -0.492 e. The van der Waals surface area contributed by atoms with Gasteiger partial charge in [-0.15, -0.1) is 0 Å². The van der Waals surface area contributed by atoms with Crippen LogP contribution in [0.3, 0.4) is 0 Å². The zero-order valence-electron chi connectivity index (χ0n) is 15.7. The average molecular weight is 423 g/mol. The van der Waals surface area contributed by atoms with Crippen molar-refractivity contribution in [2.24, 2.45) is 0 Å². The Morgan fingerprint density at radius 3 is 2.43 bits per heavy atom. The number of hydrogen-bond donors (Lipinski definition) is 1. The molecule has 0 bridgehead atoms. The molecule has 28 heavy (non-hydrogen) atoms. The molecule has 1 amide bonds. The van der Waals surface area contributed by atoms with Crippen LogP contribution in [-0.4, -0.2) is 38.9 Å². The highest BCUT2D eigenvalue weighted by Crippen LogP contribution is 2.28. The number of nitrogens with zero attached hydrogens (tertiary/aromatic N) is 1. The number of ether oxygens (including phenoxy) is 1. The number of likely N-dealkylation sites (tertiary alicyclic amines) is 1. The molecule has 2 aromatic carbocycles. The highest BCUT2D eigenvalue weighted by molar-refractivity contribution is 7.92. The van der Waals surface area contributed by atoms with Gasteiger partial charge in [-0.1, -0.05) is 23.7 Å². The number of amides is 1. The first-order valence-corrected chi connectivity index (χ1v) is 11.1. The van der Waals surface area contributed by atoms with Crippen molar-refractivity contribution in [2.75, 3.05) is 24.4 Å². The van der Waals surface area contributed by atoms with Crippen molar-refractivity contribution < 1.29 is 17.9 Å². The summed E-state index contributed by atoms with van der Waals surface area (Å²) in [5.74, 6) is 0.546. The van der Waals surface area contributed by atoms with Gasteiger partial charge < -0.3 is 9.64 Å². The molecular formula is C20H23ClN2O4S. The Labute approximate surface area is 170 Å². The lowest BCUT2D eigenvalue weighted by Gasteiger charge is -2.15. The fraction of sp³-hybridized carbons (Fsp3) is 0.350. The lowest BCUT2D eigenvalue weighted by atomic mass is 10.1. The lowest BCUT2D eigenvalue weighted by Crippen LogP contribution is -2.29. The molecule has 1 N–H and O–H groups in total. The summed E-state index contributed by atoms with van der Waals surface area (Å²) in [5, 5.41) is 0.237. The molecule has 6 nitrogen and oxygen atoms in total. The van der Waals surface area contributed by atoms with E-state index >= 15 is 0 Å². The number of carbonyl (C=O) groups is 1. The van der Waals surface area contributed by atoms with E-state index in [1.54, 1.807) is 24.3 Å². The van der Waals surface area contributed by atoms with Gasteiger partial charge in [-0.05, 0) is 55.7 Å². The van der Waals surface area contributed by atoms with Crippen molar-refractivity contribution in [1.82, 2.24) is 4.90 Å². The molecule has 0 spiro atoms. The maximum Gasteiger partial charge on any atom is 0.261 e. The Hall–Kier alpha value is -2.25. The second-order valence-corrected chi connectivity index (χ2v) is 8.68. The molecule has 8 heteroatoms. The average Bonchev–Trinajstić information content (AvgIpc) is 3.20. The van der Waals surface area contributed by atoms with Crippen LogP contribution in [0.2, 0.25) is 5.02 Å². The maximum absolute atomic E-state index is 12.6. The third kappa shape index (κ3) is 4.97. The molecule has 0 aliphatic carbocycles. The number of halogens is 1. The topological polar surface area (TPSA) is 75.7 Å². The molecule has 2 aromatic rings. The first-order valence-electron chi connectivity index (χ1n) is 9.21. The fourth-order valence-corrected chi connectivity index (χ4v) is 4.46. The summed E-state index contributed by atoms with van der Waals surface area (Å²) in [6.07, 6.45) is 2.44. The van der Waals surface area contributed by atoms with Gasteiger partial charge >= 0.3 is 0 Å². The van der Waals surface area contributed by atoms with Crippen LogP contribution in [0, 0.1) is 0 Å². The van der Waals surface area contributed by atoms with Gasteiger partial charge in [0.15, 0.2) is 0 Å². The Bertz CT molecular complexity index is 939. The van der Waals surface area contributed by atoms with Gasteiger partial charge in [0.05, 0.1) is 22.9 Å². The number of rotatable bonds is 7. The van der Waals surface area contributed by atoms with E-state index < -0.39 is 10.0 Å². The zero-order valence-corrected chi connectivity index (χ0v) is 17.2. The number of sulfonamides is 1. The van der Waals surface area contributed by atoms with Gasteiger partial charge in [0.25, 0.3) is 10.0 Å². The lowest BCUT2D eigenvalue weighted by molar-refractivity contribution is -0.129. The van der Waals surface area contributed by atoms with Crippen molar-refractivity contribution in [3.63, 3.8) is 0 Å². The van der Waals surface area contributed by atoms with Crippen LogP contribution in [0.5, 0.6) is 5.75 Å². The molecule has 1 aliphatic heterocycles. The Kier molecular flexibility index (Phi) is 6.46. The van der Waals surface area contributed by atoms with E-state index in [1.165, 1.54) is 18.2 Å². The van der Waals surface area contributed by atoms with Crippen molar-refractivity contribution in [2.45, 2.75) is 31.1 Å². The summed E-state index contributed by atoms with van der Waals surface area (Å²) in [5.41, 5.74) is 1.27. The van der Waals surface area contributed by atoms with E-state index in [0.717, 1.165) is 31.5 Å². The number of hydrogen-bond acceptors (Lipinski definition) is 4. The maximum atomic E-state index is 12.6. The summed E-state index contributed by atoms with van der Waals surface area (Å²) in [6.45, 7) is 3.91. The molecular weight excluding hydrogens is 400 g/mol. The molecule has 0 unspecified atom stereocenters. The smallest absolute Gasteiger partial charge is 0.261 e. The molecule has 3 rings (SSSR count). The highest BCUT2D eigenvalue weighted by atomic mass is 35.5. The Morgan fingerprint density at radius 2 is 1.82 bits per heavy atom. The highest BCUT2D eigenvalue weighted by Gasteiger charge is 2.19. The summed E-state index contributed by atoms with van der Waals surface area (Å²) in [4.78, 5) is 14.1. The number of carbonyl (C=O) groups excluding carboxylic acids is 1. The van der Waals surface area contributed by atoms with Crippen molar-refractivity contribution in [3.05, 3.63) is 53.1 Å². The molecule has 0 radical (unpaired) electrons. The van der Waals surface area contributed by atoms with Crippen LogP contribution in [0.15, 0.2) is 47.4 Å². The Balaban J connectivity index is 1.67. The van der Waals surface area contributed by atoms with Crippen LogP contribution in [0.25, 0.3) is 0 Å². The minimum absolute atomic E-state index is 0.0502. The van der Waals surface area contributed by atoms with Gasteiger partial charge in [-0.25, -0.2) is 8.42 Å². The molecule has 0 saturated carbocycles. The molecule has 1 fully saturated rings. The van der Waals surface area contributed by atoms with Gasteiger partial charge in [0.1, 0.15) is 5.75 Å². The van der Waals surface area contributed by atoms with E-state index in [2.05, 4.69) is 4.72 Å². The summed E-state index contributed by atoms with van der Waals surface area (Å²) >= 11 is 6.09. The van der Waals surface area contributed by atoms with Crippen LogP contribution >= 0.6 is 11.6 Å². The third-order valence-corrected chi connectivity index (χ3v) is 6.21. The second-order valence-electron chi connectivity index (χ2n) is 6.59. The van der Waals surface area contributed by atoms with Crippen LogP contribution < -0.4 is 9.46 Å². The van der Waals surface area contributed by atoms with Gasteiger partial charge in [-0.3, -0.25) is 9.52 Å². The van der Waals surface area contributed by atoms with Crippen LogP contribution in [0.1, 0.15) is 25.3 Å². The van der Waals surface area contributed by atoms with E-state index in [0.29, 0.717) is 24.5 Å². The summed E-state index contributed by atoms with van der Waals surface area (Å²) in [6, 6.07) is 11.2. The van der Waals surface area contributed by atoms with E-state index in [1.807, 2.05) is 11.8 Å². The van der Waals surface area contributed by atoms with E-state index in [9.17, 15) is 13.2 Å². The summed E-state index contributed by atoms with van der Waals surface area (Å²) < 4.78 is 33.0. The predicted octanol–water partition coefficient (Wildman–Crippen LogP) is 3.70. The van der Waals surface area contributed by atoms with Crippen LogP contribution in [-0.2, 0) is 21.2 Å². The fourth-order valence-electron chi connectivity index (χ4n) is 3.08. The zero-order chi connectivity index (χ0) is 20.1. The van der Waals surface area contributed by atoms with Crippen molar-refractivity contribution in [1.29, 1.82) is 0 Å². The normalized spacial score (nSPS) is 14.1. The summed E-state index contributed by atoms with van der Waals surface area (Å²) in [7, 11) is -3.78. The van der Waals surface area contributed by atoms with Crippen molar-refractivity contribution >= 4 is 33.2 Å². The molecule has 150 valence electrons. The van der Waals surface area contributed by atoms with Crippen LogP contribution in [0.4, 0.5) is 5.69 Å². The molecule has 0 aromatic heterocycles. The van der Waals surface area contributed by atoms with Gasteiger partial charge in [0.2, 0.25) is 5.91 Å². The standard InChI is InChI=1S/C20H23ClN2O4S/c1-2-27-19-10-9-17(14-18(19)21)28(25,26)22-16-7-5-15(6-8-16)13-20(24)23-11-3-4-12-23/h5-10,14,22H,2-4,11-13H2,1H3. The quantitative estimate of drug-likeness (QED) is 0.738. The Morgan fingerprint density at radius 1 is 1.14 bits per heavy atom. The first kappa shape index (κ1) is 20.5. The number of benzene rings is 2. The third-order valence-electron chi connectivity index (χ3n) is 4.53. The second kappa shape index (κ2) is 8.84. The van der Waals surface area contributed by atoms with E-state index in [-0.39, 0.29) is 15.8 Å². The predicted molar refractivity (Wildman–Crippen MR) is 109 cm³/mol. The van der Waals surface area contributed by atoms with E-state index in [4.69, 9.17) is 16.3 Å². The number of anilines is 1. The molecule has 1 heterocycles. The largest absolute Gasteiger partial charge is 0.492 e. The molecule has 0 atom stereocenters. The first-order chi connectivity index (χ1) is 13.4. The monoisotopic (exact) mass is 422 g/mol. The molecule has 1 saturated heterocycles. The number of nitrogens with one attached hydrogen (secondary N) is 1. The van der Waals surface area contributed by atoms with Crippen molar-refractivity contribution in [3.8, 4) is 5.75 Å². The molecule has 1 aliphatic rings. The van der Waals surface area contributed by atoms with Gasteiger partial charge in [0, 0.05) is 18.8 Å². The van der Waals surface area contributed by atoms with Gasteiger partial charge in [-0.2, -0.15) is 0 Å². The minimum atomic E-state index is -3.78. The SMILES string of the molecule is CCOc1ccc(S(=O)(=O)Nc2ccc(CC(=O)N3CCCC3)cc2)cc1Cl.